The fraction of sp³-hybridized carbons (Fsp3) is 0.600. The van der Waals surface area contributed by atoms with Crippen LogP contribution in [-0.4, -0.2) is 17.3 Å². The molecule has 1 aromatic carbocycles. The molecule has 0 radical (unpaired) electrons. The Morgan fingerprint density at radius 1 is 1.06 bits per heavy atom. The largest absolute Gasteiger partial charge is 0.392 e. The van der Waals surface area contributed by atoms with Crippen molar-refractivity contribution >= 4 is 0 Å². The highest BCUT2D eigenvalue weighted by molar-refractivity contribution is 5.32. The lowest BCUT2D eigenvalue weighted by Crippen LogP contribution is -2.39. The molecule has 2 aliphatic rings. The van der Waals surface area contributed by atoms with Gasteiger partial charge in [0.15, 0.2) is 0 Å². The Balaban J connectivity index is 1.76. The molecule has 92 valence electrons. The minimum Gasteiger partial charge on any atom is -0.392 e. The number of hydrogen-bond acceptors (Lipinski definition) is 2. The predicted molar refractivity (Wildman–Crippen MR) is 68.9 cm³/mol. The molecule has 1 fully saturated rings. The molecule has 1 unspecified atom stereocenters. The van der Waals surface area contributed by atoms with E-state index in [0.29, 0.717) is 12.1 Å². The first kappa shape index (κ1) is 11.2. The third kappa shape index (κ3) is 2.24. The topological polar surface area (TPSA) is 32.3 Å². The molecule has 0 aromatic heterocycles. The van der Waals surface area contributed by atoms with Gasteiger partial charge in [-0.05, 0) is 49.7 Å². The van der Waals surface area contributed by atoms with Crippen LogP contribution in [0.1, 0.15) is 49.3 Å². The van der Waals surface area contributed by atoms with Crippen LogP contribution in [-0.2, 0) is 6.42 Å². The number of rotatable bonds is 2. The number of nitrogens with one attached hydrogen (secondary N) is 1. The van der Waals surface area contributed by atoms with Crippen LogP contribution in [0.2, 0.25) is 0 Å². The molecular formula is C15H21NO. The van der Waals surface area contributed by atoms with Crippen LogP contribution in [0.25, 0.3) is 0 Å². The van der Waals surface area contributed by atoms with Crippen molar-refractivity contribution in [3.8, 4) is 0 Å². The van der Waals surface area contributed by atoms with Crippen molar-refractivity contribution < 1.29 is 5.11 Å². The van der Waals surface area contributed by atoms with Crippen molar-refractivity contribution in [2.45, 2.75) is 56.7 Å². The summed E-state index contributed by atoms with van der Waals surface area (Å²) in [5, 5.41) is 13.6. The average Bonchev–Trinajstić information content (AvgIpc) is 2.76. The molecule has 3 atom stereocenters. The molecule has 3 rings (SSSR count). The first-order valence-electron chi connectivity index (χ1n) is 6.86. The number of aliphatic hydroxyl groups is 1. The highest BCUT2D eigenvalue weighted by Crippen LogP contribution is 2.31. The van der Waals surface area contributed by atoms with Crippen LogP contribution < -0.4 is 5.32 Å². The summed E-state index contributed by atoms with van der Waals surface area (Å²) >= 11 is 0. The molecule has 17 heavy (non-hydrogen) atoms. The van der Waals surface area contributed by atoms with Crippen molar-refractivity contribution in [1.82, 2.24) is 5.32 Å². The monoisotopic (exact) mass is 231 g/mol. The number of aliphatic hydroxyl groups excluding tert-OH is 1. The summed E-state index contributed by atoms with van der Waals surface area (Å²) in [7, 11) is 0. The van der Waals surface area contributed by atoms with Gasteiger partial charge in [0.05, 0.1) is 6.10 Å². The Bertz CT molecular complexity index is 390. The zero-order valence-electron chi connectivity index (χ0n) is 10.2. The molecular weight excluding hydrogens is 210 g/mol. The van der Waals surface area contributed by atoms with E-state index in [1.165, 1.54) is 30.4 Å². The van der Waals surface area contributed by atoms with E-state index in [1.807, 2.05) is 0 Å². The molecule has 2 N–H and O–H groups in total. The minimum atomic E-state index is -0.135. The molecule has 0 heterocycles. The summed E-state index contributed by atoms with van der Waals surface area (Å²) in [6, 6.07) is 9.51. The molecule has 0 amide bonds. The standard InChI is InChI=1S/C15H21NO/c17-15-10-4-9-14(15)16-13-8-3-6-11-5-1-2-7-12(11)13/h1-2,5,7,13-17H,3-4,6,8-10H2/t13?,14-,15-/m1/s1. The lowest BCUT2D eigenvalue weighted by atomic mass is 9.87. The van der Waals surface area contributed by atoms with Crippen LogP contribution in [0.5, 0.6) is 0 Å². The number of hydrogen-bond donors (Lipinski definition) is 2. The Hall–Kier alpha value is -0.860. The van der Waals surface area contributed by atoms with E-state index in [2.05, 4.69) is 29.6 Å². The maximum Gasteiger partial charge on any atom is 0.0693 e. The molecule has 2 aliphatic carbocycles. The van der Waals surface area contributed by atoms with Crippen LogP contribution in [0.4, 0.5) is 0 Å². The summed E-state index contributed by atoms with van der Waals surface area (Å²) in [6.45, 7) is 0. The van der Waals surface area contributed by atoms with Crippen LogP contribution >= 0.6 is 0 Å². The summed E-state index contributed by atoms with van der Waals surface area (Å²) in [6.07, 6.45) is 6.79. The molecule has 1 aromatic rings. The van der Waals surface area contributed by atoms with Gasteiger partial charge in [-0.25, -0.2) is 0 Å². The second-order valence-corrected chi connectivity index (χ2v) is 5.42. The molecule has 1 saturated carbocycles. The highest BCUT2D eigenvalue weighted by Gasteiger charge is 2.29. The van der Waals surface area contributed by atoms with Gasteiger partial charge in [0.1, 0.15) is 0 Å². The third-order valence-electron chi connectivity index (χ3n) is 4.26. The van der Waals surface area contributed by atoms with Gasteiger partial charge in [0.25, 0.3) is 0 Å². The SMILES string of the molecule is O[C@@H]1CCC[C@H]1NC1CCCc2ccccc21. The van der Waals surface area contributed by atoms with E-state index in [-0.39, 0.29) is 6.10 Å². The quantitative estimate of drug-likeness (QED) is 0.820. The van der Waals surface area contributed by atoms with E-state index in [4.69, 9.17) is 0 Å². The molecule has 0 aliphatic heterocycles. The first-order valence-corrected chi connectivity index (χ1v) is 6.86. The Morgan fingerprint density at radius 2 is 1.94 bits per heavy atom. The average molecular weight is 231 g/mol. The van der Waals surface area contributed by atoms with Crippen molar-refractivity contribution in [1.29, 1.82) is 0 Å². The third-order valence-corrected chi connectivity index (χ3v) is 4.26. The maximum absolute atomic E-state index is 9.91. The van der Waals surface area contributed by atoms with Gasteiger partial charge in [-0.2, -0.15) is 0 Å². The van der Waals surface area contributed by atoms with E-state index in [9.17, 15) is 5.11 Å². The smallest absolute Gasteiger partial charge is 0.0693 e. The van der Waals surface area contributed by atoms with Crippen molar-refractivity contribution in [3.05, 3.63) is 35.4 Å². The number of fused-ring (bicyclic) bond motifs is 1. The summed E-state index contributed by atoms with van der Waals surface area (Å²) in [5.74, 6) is 0. The van der Waals surface area contributed by atoms with Crippen molar-refractivity contribution in [2.75, 3.05) is 0 Å². The zero-order valence-corrected chi connectivity index (χ0v) is 10.2. The van der Waals surface area contributed by atoms with Gasteiger partial charge in [-0.1, -0.05) is 24.3 Å². The van der Waals surface area contributed by atoms with Crippen molar-refractivity contribution in [2.24, 2.45) is 0 Å². The van der Waals surface area contributed by atoms with Gasteiger partial charge in [0, 0.05) is 12.1 Å². The van der Waals surface area contributed by atoms with E-state index >= 15 is 0 Å². The molecule has 2 heteroatoms. The predicted octanol–water partition coefficient (Wildman–Crippen LogP) is 2.57. The Morgan fingerprint density at radius 3 is 2.76 bits per heavy atom. The maximum atomic E-state index is 9.91. The summed E-state index contributed by atoms with van der Waals surface area (Å²) in [4.78, 5) is 0. The van der Waals surface area contributed by atoms with Crippen LogP contribution in [0.15, 0.2) is 24.3 Å². The van der Waals surface area contributed by atoms with E-state index in [0.717, 1.165) is 19.3 Å². The van der Waals surface area contributed by atoms with Crippen LogP contribution in [0.3, 0.4) is 0 Å². The second-order valence-electron chi connectivity index (χ2n) is 5.42. The number of aryl methyl sites for hydroxylation is 1. The first-order chi connectivity index (χ1) is 8.34. The fourth-order valence-corrected chi connectivity index (χ4v) is 3.32. The molecule has 0 spiro atoms. The zero-order chi connectivity index (χ0) is 11.7. The summed E-state index contributed by atoms with van der Waals surface area (Å²) < 4.78 is 0. The molecule has 0 saturated heterocycles. The van der Waals surface area contributed by atoms with Gasteiger partial charge in [-0.3, -0.25) is 0 Å². The lowest BCUT2D eigenvalue weighted by molar-refractivity contribution is 0.141. The van der Waals surface area contributed by atoms with Gasteiger partial charge in [0.2, 0.25) is 0 Å². The number of benzene rings is 1. The minimum absolute atomic E-state index is 0.135. The Kier molecular flexibility index (Phi) is 3.17. The fourth-order valence-electron chi connectivity index (χ4n) is 3.32. The van der Waals surface area contributed by atoms with E-state index < -0.39 is 0 Å². The highest BCUT2D eigenvalue weighted by atomic mass is 16.3. The normalized spacial score (nSPS) is 32.4. The van der Waals surface area contributed by atoms with Gasteiger partial charge in [-0.15, -0.1) is 0 Å². The van der Waals surface area contributed by atoms with Crippen LogP contribution in [0, 0.1) is 0 Å². The van der Waals surface area contributed by atoms with Gasteiger partial charge < -0.3 is 10.4 Å². The summed E-state index contributed by atoms with van der Waals surface area (Å²) in [5.41, 5.74) is 2.95. The molecule has 0 bridgehead atoms. The Labute approximate surface area is 103 Å². The lowest BCUT2D eigenvalue weighted by Gasteiger charge is -2.30. The van der Waals surface area contributed by atoms with Gasteiger partial charge >= 0.3 is 0 Å². The van der Waals surface area contributed by atoms with E-state index in [1.54, 1.807) is 0 Å². The molecule has 2 nitrogen and oxygen atoms in total. The van der Waals surface area contributed by atoms with Crippen molar-refractivity contribution in [3.63, 3.8) is 0 Å². The second kappa shape index (κ2) is 4.79.